The van der Waals surface area contributed by atoms with Crippen molar-refractivity contribution in [3.8, 4) is 17.2 Å². The summed E-state index contributed by atoms with van der Waals surface area (Å²) >= 11 is 0. The fourth-order valence-corrected chi connectivity index (χ4v) is 3.38. The van der Waals surface area contributed by atoms with Crippen LogP contribution in [0.2, 0.25) is 19.6 Å². The molecule has 0 aliphatic carbocycles. The van der Waals surface area contributed by atoms with Crippen molar-refractivity contribution in [1.82, 2.24) is 0 Å². The molecule has 0 saturated heterocycles. The molecule has 0 amide bonds. The van der Waals surface area contributed by atoms with Crippen LogP contribution in [0, 0.1) is 11.5 Å². The van der Waals surface area contributed by atoms with Gasteiger partial charge in [-0.3, -0.25) is 0 Å². The number of hydrogen-bond donors (Lipinski definition) is 1. The van der Waals surface area contributed by atoms with Crippen molar-refractivity contribution in [2.45, 2.75) is 83.7 Å². The van der Waals surface area contributed by atoms with Crippen LogP contribution in [0.1, 0.15) is 56.9 Å². The summed E-state index contributed by atoms with van der Waals surface area (Å²) in [6.07, 6.45) is 8.38. The number of aliphatic hydroxyl groups excluding tert-OH is 1. The smallest absolute Gasteiger partial charge is 0.129 e. The minimum absolute atomic E-state index is 0.247. The fourth-order valence-electron chi connectivity index (χ4n) is 2.73. The van der Waals surface area contributed by atoms with Crippen LogP contribution < -0.4 is 4.74 Å². The third-order valence-electron chi connectivity index (χ3n) is 4.33. The van der Waals surface area contributed by atoms with Crippen molar-refractivity contribution in [3.05, 3.63) is 29.8 Å². The SMILES string of the molecule is COc1ccc(COCC[C@@H](O)CCCCCCCC#C[Si](C)(C)C)cc1. The lowest BCUT2D eigenvalue weighted by molar-refractivity contribution is 0.0689. The van der Waals surface area contributed by atoms with Crippen molar-refractivity contribution in [1.29, 1.82) is 0 Å². The molecule has 3 nitrogen and oxygen atoms in total. The van der Waals surface area contributed by atoms with Crippen molar-refractivity contribution in [2.24, 2.45) is 0 Å². The van der Waals surface area contributed by atoms with Crippen LogP contribution in [-0.4, -0.2) is 33.0 Å². The zero-order valence-electron chi connectivity index (χ0n) is 17.7. The molecule has 0 spiro atoms. The van der Waals surface area contributed by atoms with Crippen LogP contribution in [0.15, 0.2) is 24.3 Å². The highest BCUT2D eigenvalue weighted by Gasteiger charge is 2.07. The first-order valence-corrected chi connectivity index (χ1v) is 13.8. The lowest BCUT2D eigenvalue weighted by Crippen LogP contribution is -2.16. The standard InChI is InChI=1S/C23H38O3Si/c1-25-23-15-13-21(14-16-23)20-26-18-17-22(24)12-10-8-6-5-7-9-11-19-27(2,3)4/h13-16,22,24H,5-10,12,17-18,20H2,1-4H3/t22-/m0/s1. The molecule has 1 atom stereocenters. The molecule has 0 saturated carbocycles. The van der Waals surface area contributed by atoms with E-state index in [1.807, 2.05) is 24.3 Å². The molecule has 0 bridgehead atoms. The van der Waals surface area contributed by atoms with E-state index in [-0.39, 0.29) is 6.10 Å². The summed E-state index contributed by atoms with van der Waals surface area (Å²) in [7, 11) is 0.471. The van der Waals surface area contributed by atoms with Crippen molar-refractivity contribution < 1.29 is 14.6 Å². The van der Waals surface area contributed by atoms with Crippen LogP contribution >= 0.6 is 0 Å². The maximum absolute atomic E-state index is 10.1. The maximum Gasteiger partial charge on any atom is 0.129 e. The molecule has 1 rings (SSSR count). The fraction of sp³-hybridized carbons (Fsp3) is 0.652. The quantitative estimate of drug-likeness (QED) is 0.272. The predicted molar refractivity (Wildman–Crippen MR) is 117 cm³/mol. The molecule has 0 unspecified atom stereocenters. The molecular formula is C23H38O3Si. The number of rotatable bonds is 13. The number of unbranched alkanes of at least 4 members (excludes halogenated alkanes) is 5. The molecule has 152 valence electrons. The average Bonchev–Trinajstić information content (AvgIpc) is 2.63. The van der Waals surface area contributed by atoms with Crippen molar-refractivity contribution in [2.75, 3.05) is 13.7 Å². The third-order valence-corrected chi connectivity index (χ3v) is 5.25. The van der Waals surface area contributed by atoms with Gasteiger partial charge in [-0.2, -0.15) is 0 Å². The highest BCUT2D eigenvalue weighted by atomic mass is 28.3. The molecule has 0 aliphatic rings. The number of benzene rings is 1. The second-order valence-corrected chi connectivity index (χ2v) is 13.0. The first kappa shape index (κ1) is 23.8. The van der Waals surface area contributed by atoms with Gasteiger partial charge in [0.15, 0.2) is 0 Å². The van der Waals surface area contributed by atoms with Gasteiger partial charge in [0.05, 0.1) is 19.8 Å². The molecule has 4 heteroatoms. The average molecular weight is 391 g/mol. The van der Waals surface area contributed by atoms with Crippen LogP contribution in [0.25, 0.3) is 0 Å². The van der Waals surface area contributed by atoms with E-state index in [2.05, 4.69) is 31.1 Å². The van der Waals surface area contributed by atoms with E-state index in [4.69, 9.17) is 9.47 Å². The lowest BCUT2D eigenvalue weighted by Gasteiger charge is -2.11. The van der Waals surface area contributed by atoms with Crippen LogP contribution in [0.3, 0.4) is 0 Å². The minimum Gasteiger partial charge on any atom is -0.497 e. The van der Waals surface area contributed by atoms with E-state index in [1.54, 1.807) is 7.11 Å². The Hall–Kier alpha value is -1.28. The largest absolute Gasteiger partial charge is 0.497 e. The van der Waals surface area contributed by atoms with Crippen LogP contribution in [-0.2, 0) is 11.3 Å². The van der Waals surface area contributed by atoms with Crippen LogP contribution in [0.4, 0.5) is 0 Å². The van der Waals surface area contributed by atoms with Gasteiger partial charge in [-0.25, -0.2) is 0 Å². The highest BCUT2D eigenvalue weighted by Crippen LogP contribution is 2.13. The van der Waals surface area contributed by atoms with Gasteiger partial charge in [-0.05, 0) is 37.0 Å². The van der Waals surface area contributed by atoms with E-state index in [0.29, 0.717) is 19.6 Å². The maximum atomic E-state index is 10.1. The Morgan fingerprint density at radius 3 is 2.30 bits per heavy atom. The first-order chi connectivity index (χ1) is 12.9. The van der Waals surface area contributed by atoms with Gasteiger partial charge in [0.25, 0.3) is 0 Å². The molecule has 0 fully saturated rings. The number of aliphatic hydroxyl groups is 1. The third kappa shape index (κ3) is 13.5. The molecule has 0 aromatic heterocycles. The first-order valence-electron chi connectivity index (χ1n) is 10.3. The molecule has 27 heavy (non-hydrogen) atoms. The molecule has 1 aromatic rings. The summed E-state index contributed by atoms with van der Waals surface area (Å²) in [5, 5.41) is 10.1. The van der Waals surface area contributed by atoms with E-state index in [0.717, 1.165) is 30.6 Å². The van der Waals surface area contributed by atoms with Crippen molar-refractivity contribution >= 4 is 8.07 Å². The van der Waals surface area contributed by atoms with Gasteiger partial charge in [0.1, 0.15) is 13.8 Å². The Morgan fingerprint density at radius 1 is 0.963 bits per heavy atom. The topological polar surface area (TPSA) is 38.7 Å². The zero-order chi connectivity index (χ0) is 20.0. The van der Waals surface area contributed by atoms with E-state index >= 15 is 0 Å². The number of methoxy groups -OCH3 is 1. The lowest BCUT2D eigenvalue weighted by atomic mass is 10.1. The Balaban J connectivity index is 1.95. The van der Waals surface area contributed by atoms with Gasteiger partial charge in [-0.1, -0.05) is 57.5 Å². The molecule has 0 aliphatic heterocycles. The van der Waals surface area contributed by atoms with E-state index < -0.39 is 8.07 Å². The monoisotopic (exact) mass is 390 g/mol. The molecular weight excluding hydrogens is 352 g/mol. The van der Waals surface area contributed by atoms with E-state index in [9.17, 15) is 5.11 Å². The summed E-state index contributed by atoms with van der Waals surface area (Å²) in [4.78, 5) is 0. The van der Waals surface area contributed by atoms with Crippen LogP contribution in [0.5, 0.6) is 5.75 Å². The summed E-state index contributed by atoms with van der Waals surface area (Å²) in [6.45, 7) is 8.04. The summed E-state index contributed by atoms with van der Waals surface area (Å²) in [5.41, 5.74) is 4.54. The Morgan fingerprint density at radius 2 is 1.63 bits per heavy atom. The van der Waals surface area contributed by atoms with Gasteiger partial charge in [0.2, 0.25) is 0 Å². The number of ether oxygens (including phenoxy) is 2. The summed E-state index contributed by atoms with van der Waals surface area (Å²) < 4.78 is 10.8. The normalized spacial score (nSPS) is 12.3. The van der Waals surface area contributed by atoms with Gasteiger partial charge in [0, 0.05) is 13.0 Å². The van der Waals surface area contributed by atoms with Gasteiger partial charge in [-0.15, -0.1) is 11.5 Å². The number of hydrogen-bond acceptors (Lipinski definition) is 3. The molecule has 0 radical (unpaired) electrons. The van der Waals surface area contributed by atoms with Gasteiger partial charge < -0.3 is 14.6 Å². The molecule has 1 N–H and O–H groups in total. The Kier molecular flexibility index (Phi) is 12.2. The molecule has 0 heterocycles. The highest BCUT2D eigenvalue weighted by molar-refractivity contribution is 6.83. The summed E-state index contributed by atoms with van der Waals surface area (Å²) in [5.74, 6) is 4.19. The minimum atomic E-state index is -1.19. The predicted octanol–water partition coefficient (Wildman–Crippen LogP) is 5.57. The zero-order valence-corrected chi connectivity index (χ0v) is 18.7. The summed E-state index contributed by atoms with van der Waals surface area (Å²) in [6, 6.07) is 7.89. The van der Waals surface area contributed by atoms with Gasteiger partial charge >= 0.3 is 0 Å². The Bertz CT molecular complexity index is 552. The Labute approximate surface area is 167 Å². The molecule has 1 aromatic carbocycles. The second-order valence-electron chi connectivity index (χ2n) is 8.20. The van der Waals surface area contributed by atoms with E-state index in [1.165, 1.54) is 25.7 Å². The van der Waals surface area contributed by atoms with Crippen molar-refractivity contribution in [3.63, 3.8) is 0 Å². The second kappa shape index (κ2) is 13.8.